The van der Waals surface area contributed by atoms with Crippen molar-refractivity contribution in [3.05, 3.63) is 11.3 Å². The molecule has 0 N–H and O–H groups in total. The number of carbonyl (C=O) groups excluding carboxylic acids is 1. The highest BCUT2D eigenvalue weighted by molar-refractivity contribution is 6.01. The van der Waals surface area contributed by atoms with Crippen LogP contribution >= 0.6 is 0 Å². The number of nitrogens with zero attached hydrogens (tertiary/aromatic N) is 3. The van der Waals surface area contributed by atoms with E-state index in [1.54, 1.807) is 0 Å². The molecule has 0 aromatic heterocycles. The van der Waals surface area contributed by atoms with Crippen molar-refractivity contribution in [2.24, 2.45) is 5.41 Å². The second-order valence-electron chi connectivity index (χ2n) is 6.16. The van der Waals surface area contributed by atoms with Crippen molar-refractivity contribution in [2.45, 2.75) is 26.7 Å². The van der Waals surface area contributed by atoms with E-state index in [-0.39, 0.29) is 11.2 Å². The second-order valence-corrected chi connectivity index (χ2v) is 6.16. The maximum atomic E-state index is 12.0. The zero-order chi connectivity index (χ0) is 13.3. The molecule has 4 nitrogen and oxygen atoms in total. The number of ketones is 1. The zero-order valence-corrected chi connectivity index (χ0v) is 11.5. The highest BCUT2D eigenvalue weighted by Crippen LogP contribution is 2.38. The lowest BCUT2D eigenvalue weighted by Gasteiger charge is -2.40. The summed E-state index contributed by atoms with van der Waals surface area (Å²) in [5.74, 6) is 0.0164. The second kappa shape index (κ2) is 4.74. The fourth-order valence-corrected chi connectivity index (χ4v) is 2.76. The average molecular weight is 247 g/mol. The van der Waals surface area contributed by atoms with E-state index in [9.17, 15) is 10.1 Å². The Bertz CT molecular complexity index is 423. The maximum absolute atomic E-state index is 12.0. The average Bonchev–Trinajstić information content (AvgIpc) is 2.28. The Balaban J connectivity index is 2.27. The van der Waals surface area contributed by atoms with Crippen molar-refractivity contribution in [2.75, 3.05) is 33.2 Å². The van der Waals surface area contributed by atoms with Gasteiger partial charge in [0.25, 0.3) is 0 Å². The van der Waals surface area contributed by atoms with Crippen LogP contribution < -0.4 is 0 Å². The predicted octanol–water partition coefficient (Wildman–Crippen LogP) is 1.40. The minimum absolute atomic E-state index is 0.0164. The lowest BCUT2D eigenvalue weighted by atomic mass is 9.75. The minimum atomic E-state index is -0.0177. The summed E-state index contributed by atoms with van der Waals surface area (Å²) in [7, 11) is 2.10. The van der Waals surface area contributed by atoms with Gasteiger partial charge >= 0.3 is 0 Å². The SMILES string of the molecule is CN1CCN(C2=C(C#N)C(=O)CC(C)(C)C2)CC1. The number of nitriles is 1. The molecule has 0 saturated carbocycles. The maximum Gasteiger partial charge on any atom is 0.175 e. The van der Waals surface area contributed by atoms with Crippen LogP contribution in [-0.4, -0.2) is 48.8 Å². The van der Waals surface area contributed by atoms with Gasteiger partial charge in [0.05, 0.1) is 0 Å². The Morgan fingerprint density at radius 1 is 1.17 bits per heavy atom. The summed E-state index contributed by atoms with van der Waals surface area (Å²) in [5, 5.41) is 9.22. The highest BCUT2D eigenvalue weighted by Gasteiger charge is 2.35. The van der Waals surface area contributed by atoms with Crippen LogP contribution in [0.5, 0.6) is 0 Å². The van der Waals surface area contributed by atoms with E-state index in [1.807, 2.05) is 0 Å². The number of allylic oxidation sites excluding steroid dienone is 2. The molecule has 0 radical (unpaired) electrons. The number of likely N-dealkylation sites (N-methyl/N-ethyl adjacent to an activating group) is 1. The van der Waals surface area contributed by atoms with E-state index in [0.29, 0.717) is 12.0 Å². The Hall–Kier alpha value is -1.34. The summed E-state index contributed by atoms with van der Waals surface area (Å²) >= 11 is 0. The Labute approximate surface area is 109 Å². The molecular weight excluding hydrogens is 226 g/mol. The standard InChI is InChI=1S/C14H21N3O/c1-14(2)8-12(11(10-15)13(18)9-14)17-6-4-16(3)5-7-17/h4-9H2,1-3H3. The van der Waals surface area contributed by atoms with Crippen LogP contribution in [-0.2, 0) is 4.79 Å². The van der Waals surface area contributed by atoms with Crippen molar-refractivity contribution in [1.82, 2.24) is 9.80 Å². The molecule has 1 fully saturated rings. The van der Waals surface area contributed by atoms with Crippen LogP contribution in [0, 0.1) is 16.7 Å². The summed E-state index contributed by atoms with van der Waals surface area (Å²) in [6.07, 6.45) is 1.33. The summed E-state index contributed by atoms with van der Waals surface area (Å²) in [6.45, 7) is 8.04. The number of carbonyl (C=O) groups is 1. The van der Waals surface area contributed by atoms with Gasteiger partial charge in [0.15, 0.2) is 5.78 Å². The Morgan fingerprint density at radius 3 is 2.33 bits per heavy atom. The van der Waals surface area contributed by atoms with E-state index in [2.05, 4.69) is 36.8 Å². The fourth-order valence-electron chi connectivity index (χ4n) is 2.76. The number of hydrogen-bond acceptors (Lipinski definition) is 4. The third kappa shape index (κ3) is 2.56. The van der Waals surface area contributed by atoms with Crippen LogP contribution in [0.3, 0.4) is 0 Å². The fraction of sp³-hybridized carbons (Fsp3) is 0.714. The molecule has 0 aromatic rings. The smallest absolute Gasteiger partial charge is 0.175 e. The summed E-state index contributed by atoms with van der Waals surface area (Å²) in [4.78, 5) is 16.6. The molecular formula is C14H21N3O. The van der Waals surface area contributed by atoms with E-state index in [1.165, 1.54) is 0 Å². The zero-order valence-electron chi connectivity index (χ0n) is 11.5. The van der Waals surface area contributed by atoms with Crippen LogP contribution in [0.4, 0.5) is 0 Å². The topological polar surface area (TPSA) is 47.3 Å². The summed E-state index contributed by atoms with van der Waals surface area (Å²) < 4.78 is 0. The first-order chi connectivity index (χ1) is 8.43. The van der Waals surface area contributed by atoms with E-state index >= 15 is 0 Å². The highest BCUT2D eigenvalue weighted by atomic mass is 16.1. The molecule has 1 aliphatic heterocycles. The Kier molecular flexibility index (Phi) is 3.45. The van der Waals surface area contributed by atoms with Gasteiger partial charge in [-0.1, -0.05) is 13.8 Å². The van der Waals surface area contributed by atoms with E-state index < -0.39 is 0 Å². The molecule has 0 atom stereocenters. The number of Topliss-reactive ketones (excluding diaryl/α,β-unsaturated/α-hetero) is 1. The van der Waals surface area contributed by atoms with Gasteiger partial charge in [-0.25, -0.2) is 0 Å². The molecule has 2 rings (SSSR count). The van der Waals surface area contributed by atoms with Gasteiger partial charge in [0, 0.05) is 38.3 Å². The van der Waals surface area contributed by atoms with E-state index in [4.69, 9.17) is 0 Å². The minimum Gasteiger partial charge on any atom is -0.371 e. The monoisotopic (exact) mass is 247 g/mol. The van der Waals surface area contributed by atoms with E-state index in [0.717, 1.165) is 38.3 Å². The first-order valence-corrected chi connectivity index (χ1v) is 6.53. The van der Waals surface area contributed by atoms with Gasteiger partial charge < -0.3 is 9.80 Å². The van der Waals surface area contributed by atoms with Crippen molar-refractivity contribution in [3.63, 3.8) is 0 Å². The quantitative estimate of drug-likeness (QED) is 0.702. The third-order valence-electron chi connectivity index (χ3n) is 3.85. The van der Waals surface area contributed by atoms with Crippen LogP contribution in [0.1, 0.15) is 26.7 Å². The van der Waals surface area contributed by atoms with Crippen molar-refractivity contribution in [3.8, 4) is 6.07 Å². The molecule has 0 spiro atoms. The molecule has 0 aromatic carbocycles. The van der Waals surface area contributed by atoms with Gasteiger partial charge in [-0.3, -0.25) is 4.79 Å². The molecule has 1 heterocycles. The predicted molar refractivity (Wildman–Crippen MR) is 69.7 cm³/mol. The van der Waals surface area contributed by atoms with Gasteiger partial charge in [-0.05, 0) is 18.9 Å². The largest absolute Gasteiger partial charge is 0.371 e. The van der Waals surface area contributed by atoms with Gasteiger partial charge in [-0.15, -0.1) is 0 Å². The third-order valence-corrected chi connectivity index (χ3v) is 3.85. The lowest BCUT2D eigenvalue weighted by Crippen LogP contribution is -2.46. The van der Waals surface area contributed by atoms with Crippen LogP contribution in [0.25, 0.3) is 0 Å². The summed E-state index contributed by atoms with van der Waals surface area (Å²) in [5.41, 5.74) is 1.36. The molecule has 98 valence electrons. The molecule has 1 saturated heterocycles. The van der Waals surface area contributed by atoms with Gasteiger partial charge in [0.1, 0.15) is 11.6 Å². The molecule has 0 unspecified atom stereocenters. The summed E-state index contributed by atoms with van der Waals surface area (Å²) in [6, 6.07) is 2.12. The first-order valence-electron chi connectivity index (χ1n) is 6.53. The lowest BCUT2D eigenvalue weighted by molar-refractivity contribution is -0.118. The Morgan fingerprint density at radius 2 is 1.78 bits per heavy atom. The first kappa shape index (κ1) is 13.1. The number of rotatable bonds is 1. The molecule has 0 bridgehead atoms. The van der Waals surface area contributed by atoms with Gasteiger partial charge in [-0.2, -0.15) is 5.26 Å². The van der Waals surface area contributed by atoms with Gasteiger partial charge in [0.2, 0.25) is 0 Å². The van der Waals surface area contributed by atoms with Crippen molar-refractivity contribution < 1.29 is 4.79 Å². The molecule has 2 aliphatic rings. The van der Waals surface area contributed by atoms with Crippen molar-refractivity contribution in [1.29, 1.82) is 5.26 Å². The number of hydrogen-bond donors (Lipinski definition) is 0. The number of piperazine rings is 1. The van der Waals surface area contributed by atoms with Crippen molar-refractivity contribution >= 4 is 5.78 Å². The van der Waals surface area contributed by atoms with Crippen LogP contribution in [0.15, 0.2) is 11.3 Å². The molecule has 4 heteroatoms. The molecule has 18 heavy (non-hydrogen) atoms. The molecule has 0 amide bonds. The normalized spacial score (nSPS) is 25.2. The molecule has 1 aliphatic carbocycles. The van der Waals surface area contributed by atoms with Crippen LogP contribution in [0.2, 0.25) is 0 Å².